The van der Waals surface area contributed by atoms with Crippen molar-refractivity contribution >= 4 is 17.5 Å². The van der Waals surface area contributed by atoms with Crippen molar-refractivity contribution in [1.82, 2.24) is 9.97 Å². The fourth-order valence-electron chi connectivity index (χ4n) is 1.87. The molecule has 1 amide bonds. The van der Waals surface area contributed by atoms with Crippen LogP contribution in [-0.4, -0.2) is 29.5 Å². The van der Waals surface area contributed by atoms with Crippen LogP contribution in [-0.2, 0) is 0 Å². The quantitative estimate of drug-likeness (QED) is 0.829. The molecule has 5 heteroatoms. The summed E-state index contributed by atoms with van der Waals surface area (Å²) < 4.78 is 0. The third-order valence-corrected chi connectivity index (χ3v) is 3.16. The van der Waals surface area contributed by atoms with Crippen LogP contribution in [0.1, 0.15) is 30.1 Å². The molecule has 2 aromatic rings. The lowest BCUT2D eigenvalue weighted by Crippen LogP contribution is -2.26. The van der Waals surface area contributed by atoms with Crippen LogP contribution in [0.5, 0.6) is 0 Å². The molecule has 1 aromatic carbocycles. The van der Waals surface area contributed by atoms with Crippen LogP contribution < -0.4 is 10.2 Å². The van der Waals surface area contributed by atoms with E-state index in [1.807, 2.05) is 30.3 Å². The van der Waals surface area contributed by atoms with Crippen LogP contribution in [0.25, 0.3) is 0 Å². The van der Waals surface area contributed by atoms with Gasteiger partial charge in [0, 0.05) is 31.7 Å². The summed E-state index contributed by atoms with van der Waals surface area (Å²) in [5, 5.41) is 3.13. The fourth-order valence-corrected chi connectivity index (χ4v) is 1.87. The molecule has 0 aliphatic carbocycles. The van der Waals surface area contributed by atoms with Gasteiger partial charge in [-0.3, -0.25) is 4.79 Å². The van der Waals surface area contributed by atoms with E-state index in [9.17, 15) is 4.79 Å². The molecule has 0 unspecified atom stereocenters. The van der Waals surface area contributed by atoms with Crippen LogP contribution in [0.2, 0.25) is 0 Å². The first-order valence-electron chi connectivity index (χ1n) is 7.11. The van der Waals surface area contributed by atoms with Crippen molar-refractivity contribution in [2.45, 2.75) is 19.8 Å². The van der Waals surface area contributed by atoms with Crippen molar-refractivity contribution < 1.29 is 4.79 Å². The molecule has 1 aromatic heterocycles. The molecule has 5 nitrogen and oxygen atoms in total. The summed E-state index contributed by atoms with van der Waals surface area (Å²) in [6.45, 7) is 2.97. The molecule has 1 N–H and O–H groups in total. The lowest BCUT2D eigenvalue weighted by molar-refractivity contribution is 0.0992. The summed E-state index contributed by atoms with van der Waals surface area (Å²) in [6.07, 6.45) is 5.30. The first kappa shape index (κ1) is 15.0. The summed E-state index contributed by atoms with van der Waals surface area (Å²) in [5.74, 6) is 0.434. The Bertz CT molecular complexity index is 569. The van der Waals surface area contributed by atoms with Crippen molar-refractivity contribution in [2.75, 3.05) is 23.8 Å². The Morgan fingerprint density at radius 2 is 1.86 bits per heavy atom. The zero-order chi connectivity index (χ0) is 15.1. The minimum absolute atomic E-state index is 0.124. The second-order valence-electron chi connectivity index (χ2n) is 4.78. The number of hydrogen-bond donors (Lipinski definition) is 1. The maximum absolute atomic E-state index is 12.3. The third kappa shape index (κ3) is 4.02. The van der Waals surface area contributed by atoms with Crippen LogP contribution in [0.15, 0.2) is 42.7 Å². The molecule has 110 valence electrons. The lowest BCUT2D eigenvalue weighted by Gasteiger charge is -2.16. The SMILES string of the molecule is CCCCNc1ncc(C(=O)N(C)c2ccccc2)cn1. The highest BCUT2D eigenvalue weighted by atomic mass is 16.2. The van der Waals surface area contributed by atoms with Crippen LogP contribution in [0.4, 0.5) is 11.6 Å². The van der Waals surface area contributed by atoms with Gasteiger partial charge in [-0.25, -0.2) is 9.97 Å². The smallest absolute Gasteiger partial charge is 0.261 e. The topological polar surface area (TPSA) is 58.1 Å². The lowest BCUT2D eigenvalue weighted by atomic mass is 10.2. The van der Waals surface area contributed by atoms with E-state index in [1.165, 1.54) is 0 Å². The van der Waals surface area contributed by atoms with E-state index in [0.29, 0.717) is 11.5 Å². The second-order valence-corrected chi connectivity index (χ2v) is 4.78. The first-order valence-corrected chi connectivity index (χ1v) is 7.11. The number of nitrogens with one attached hydrogen (secondary N) is 1. The van der Waals surface area contributed by atoms with E-state index in [4.69, 9.17) is 0 Å². The summed E-state index contributed by atoms with van der Waals surface area (Å²) in [6, 6.07) is 9.49. The Hall–Kier alpha value is -2.43. The van der Waals surface area contributed by atoms with E-state index in [0.717, 1.165) is 25.1 Å². The zero-order valence-electron chi connectivity index (χ0n) is 12.4. The number of carbonyl (C=O) groups excluding carboxylic acids is 1. The minimum Gasteiger partial charge on any atom is -0.354 e. The Kier molecular flexibility index (Phi) is 5.26. The number of hydrogen-bond acceptors (Lipinski definition) is 4. The van der Waals surface area contributed by atoms with Gasteiger partial charge in [0.25, 0.3) is 5.91 Å². The highest BCUT2D eigenvalue weighted by Gasteiger charge is 2.14. The molecule has 0 radical (unpaired) electrons. The van der Waals surface area contributed by atoms with E-state index in [1.54, 1.807) is 24.3 Å². The molecule has 0 atom stereocenters. The Balaban J connectivity index is 2.03. The highest BCUT2D eigenvalue weighted by Crippen LogP contribution is 2.14. The van der Waals surface area contributed by atoms with Gasteiger partial charge in [-0.15, -0.1) is 0 Å². The number of aromatic nitrogens is 2. The van der Waals surface area contributed by atoms with Gasteiger partial charge >= 0.3 is 0 Å². The molecule has 0 aliphatic heterocycles. The maximum atomic E-state index is 12.3. The Morgan fingerprint density at radius 3 is 2.48 bits per heavy atom. The van der Waals surface area contributed by atoms with Gasteiger partial charge in [-0.2, -0.15) is 0 Å². The predicted molar refractivity (Wildman–Crippen MR) is 84.6 cm³/mol. The normalized spacial score (nSPS) is 10.2. The molecule has 0 fully saturated rings. The van der Waals surface area contributed by atoms with Crippen LogP contribution in [0, 0.1) is 0 Å². The number of rotatable bonds is 6. The molecule has 0 saturated heterocycles. The van der Waals surface area contributed by atoms with E-state index < -0.39 is 0 Å². The molecule has 0 aliphatic rings. The Morgan fingerprint density at radius 1 is 1.19 bits per heavy atom. The van der Waals surface area contributed by atoms with Crippen molar-refractivity contribution in [1.29, 1.82) is 0 Å². The standard InChI is InChI=1S/C16H20N4O/c1-3-4-10-17-16-18-11-13(12-19-16)15(21)20(2)14-8-6-5-7-9-14/h5-9,11-12H,3-4,10H2,1-2H3,(H,17,18,19). The zero-order valence-corrected chi connectivity index (χ0v) is 12.4. The third-order valence-electron chi connectivity index (χ3n) is 3.16. The molecule has 0 bridgehead atoms. The molecule has 2 rings (SSSR count). The maximum Gasteiger partial charge on any atom is 0.261 e. The number of carbonyl (C=O) groups is 1. The van der Waals surface area contributed by atoms with Gasteiger partial charge in [-0.1, -0.05) is 31.5 Å². The van der Waals surface area contributed by atoms with Crippen molar-refractivity contribution in [2.24, 2.45) is 0 Å². The van der Waals surface area contributed by atoms with Crippen molar-refractivity contribution in [3.8, 4) is 0 Å². The number of anilines is 2. The second kappa shape index (κ2) is 7.38. The molecule has 21 heavy (non-hydrogen) atoms. The van der Waals surface area contributed by atoms with Crippen molar-refractivity contribution in [3.05, 3.63) is 48.3 Å². The van der Waals surface area contributed by atoms with Crippen molar-refractivity contribution in [3.63, 3.8) is 0 Å². The molecule has 0 saturated carbocycles. The molecular formula is C16H20N4O. The van der Waals surface area contributed by atoms with E-state index >= 15 is 0 Å². The fraction of sp³-hybridized carbons (Fsp3) is 0.312. The molecule has 0 spiro atoms. The van der Waals surface area contributed by atoms with E-state index in [-0.39, 0.29) is 5.91 Å². The average molecular weight is 284 g/mol. The van der Waals surface area contributed by atoms with Gasteiger partial charge in [0.2, 0.25) is 5.95 Å². The van der Waals surface area contributed by atoms with Gasteiger partial charge in [0.1, 0.15) is 0 Å². The van der Waals surface area contributed by atoms with Crippen LogP contribution in [0.3, 0.4) is 0 Å². The number of para-hydroxylation sites is 1. The Labute approximate surface area is 125 Å². The number of amides is 1. The van der Waals surface area contributed by atoms with Crippen LogP contribution >= 0.6 is 0 Å². The minimum atomic E-state index is -0.124. The average Bonchev–Trinajstić information content (AvgIpc) is 2.55. The van der Waals surface area contributed by atoms with Gasteiger partial charge < -0.3 is 10.2 Å². The summed E-state index contributed by atoms with van der Waals surface area (Å²) in [7, 11) is 1.74. The molecular weight excluding hydrogens is 264 g/mol. The van der Waals surface area contributed by atoms with E-state index in [2.05, 4.69) is 22.2 Å². The predicted octanol–water partition coefficient (Wildman–Crippen LogP) is 2.97. The summed E-state index contributed by atoms with van der Waals surface area (Å²) in [4.78, 5) is 22.3. The van der Waals surface area contributed by atoms with Gasteiger partial charge in [-0.05, 0) is 18.6 Å². The number of unbranched alkanes of at least 4 members (excludes halogenated alkanes) is 1. The highest BCUT2D eigenvalue weighted by molar-refractivity contribution is 6.05. The number of benzene rings is 1. The summed E-state index contributed by atoms with van der Waals surface area (Å²) in [5.41, 5.74) is 1.31. The number of nitrogens with zero attached hydrogens (tertiary/aromatic N) is 3. The van der Waals surface area contributed by atoms with Gasteiger partial charge in [0.15, 0.2) is 0 Å². The first-order chi connectivity index (χ1) is 10.2. The summed E-state index contributed by atoms with van der Waals surface area (Å²) >= 11 is 0. The monoisotopic (exact) mass is 284 g/mol. The molecule has 1 heterocycles. The van der Waals surface area contributed by atoms with Gasteiger partial charge in [0.05, 0.1) is 5.56 Å². The largest absolute Gasteiger partial charge is 0.354 e.